The molecule has 1 heterocycles. The Bertz CT molecular complexity index is 484. The smallest absolute Gasteiger partial charge is 0.242 e. The minimum atomic E-state index is -0.338. The van der Waals surface area contributed by atoms with Gasteiger partial charge in [-0.1, -0.05) is 19.1 Å². The number of nitrogens with zero attached hydrogens (tertiary/aromatic N) is 1. The molecule has 5 heteroatoms. The third-order valence-electron chi connectivity index (χ3n) is 3.55. The number of piperazine rings is 1. The van der Waals surface area contributed by atoms with E-state index in [0.717, 1.165) is 11.3 Å². The van der Waals surface area contributed by atoms with E-state index in [-0.39, 0.29) is 17.9 Å². The minimum Gasteiger partial charge on any atom is -0.497 e. The van der Waals surface area contributed by atoms with Crippen LogP contribution < -0.4 is 10.1 Å². The molecule has 0 aromatic heterocycles. The average Bonchev–Trinajstić information content (AvgIpc) is 2.47. The van der Waals surface area contributed by atoms with Crippen LogP contribution in [0.25, 0.3) is 0 Å². The summed E-state index contributed by atoms with van der Waals surface area (Å²) in [6.45, 7) is 3.03. The molecule has 5 nitrogen and oxygen atoms in total. The lowest BCUT2D eigenvalue weighted by Crippen LogP contribution is -2.57. The molecule has 2 amide bonds. The summed E-state index contributed by atoms with van der Waals surface area (Å²) in [6.07, 6.45) is 0.952. The Hall–Kier alpha value is -2.04. The second kappa shape index (κ2) is 6.41. The van der Waals surface area contributed by atoms with Gasteiger partial charge >= 0.3 is 0 Å². The number of carbonyl (C=O) groups excluding carboxylic acids is 2. The fraction of sp³-hybridized carbons (Fsp3) is 0.467. The maximum atomic E-state index is 12.4. The Labute approximate surface area is 118 Å². The van der Waals surface area contributed by atoms with Gasteiger partial charge in [-0.25, -0.2) is 0 Å². The predicted molar refractivity (Wildman–Crippen MR) is 75.5 cm³/mol. The highest BCUT2D eigenvalue weighted by Gasteiger charge is 2.31. The lowest BCUT2D eigenvalue weighted by molar-refractivity contribution is -0.142. The number of hydrogen-bond donors (Lipinski definition) is 1. The van der Waals surface area contributed by atoms with Crippen LogP contribution in [0, 0.1) is 0 Å². The number of hydrogen-bond acceptors (Lipinski definition) is 3. The first kappa shape index (κ1) is 14.4. The molecule has 0 saturated carbocycles. The predicted octanol–water partition coefficient (Wildman–Crippen LogP) is 0.975. The highest BCUT2D eigenvalue weighted by Crippen LogP contribution is 2.15. The van der Waals surface area contributed by atoms with Crippen LogP contribution in [0.3, 0.4) is 0 Å². The van der Waals surface area contributed by atoms with Crippen LogP contribution in [-0.2, 0) is 16.0 Å². The SMILES string of the molecule is CCC1C(=O)NCCN1C(=O)Cc1ccc(OC)cc1. The van der Waals surface area contributed by atoms with Crippen molar-refractivity contribution in [3.63, 3.8) is 0 Å². The van der Waals surface area contributed by atoms with Crippen LogP contribution in [0.5, 0.6) is 5.75 Å². The summed E-state index contributed by atoms with van der Waals surface area (Å²) in [5.41, 5.74) is 0.927. The third-order valence-corrected chi connectivity index (χ3v) is 3.55. The fourth-order valence-electron chi connectivity index (χ4n) is 2.44. The van der Waals surface area contributed by atoms with Crippen molar-refractivity contribution in [2.24, 2.45) is 0 Å². The van der Waals surface area contributed by atoms with Crippen LogP contribution in [0.4, 0.5) is 0 Å². The van der Waals surface area contributed by atoms with E-state index in [0.29, 0.717) is 25.9 Å². The number of nitrogens with one attached hydrogen (secondary N) is 1. The van der Waals surface area contributed by atoms with Gasteiger partial charge in [0.2, 0.25) is 11.8 Å². The van der Waals surface area contributed by atoms with Crippen molar-refractivity contribution in [3.8, 4) is 5.75 Å². The highest BCUT2D eigenvalue weighted by molar-refractivity contribution is 5.89. The Morgan fingerprint density at radius 3 is 2.70 bits per heavy atom. The Morgan fingerprint density at radius 2 is 2.10 bits per heavy atom. The zero-order valence-electron chi connectivity index (χ0n) is 11.9. The summed E-state index contributed by atoms with van der Waals surface area (Å²) < 4.78 is 5.09. The molecule has 1 atom stereocenters. The number of benzene rings is 1. The number of methoxy groups -OCH3 is 1. The molecule has 20 heavy (non-hydrogen) atoms. The maximum Gasteiger partial charge on any atom is 0.242 e. The first-order valence-corrected chi connectivity index (χ1v) is 6.85. The van der Waals surface area contributed by atoms with Gasteiger partial charge in [-0.2, -0.15) is 0 Å². The second-order valence-corrected chi connectivity index (χ2v) is 4.83. The summed E-state index contributed by atoms with van der Waals surface area (Å²) in [4.78, 5) is 25.8. The van der Waals surface area contributed by atoms with E-state index in [4.69, 9.17) is 4.74 Å². The van der Waals surface area contributed by atoms with Crippen LogP contribution in [0.15, 0.2) is 24.3 Å². The Balaban J connectivity index is 2.04. The van der Waals surface area contributed by atoms with Gasteiger partial charge in [-0.15, -0.1) is 0 Å². The van der Waals surface area contributed by atoms with E-state index in [2.05, 4.69) is 5.32 Å². The van der Waals surface area contributed by atoms with Gasteiger partial charge in [-0.05, 0) is 24.1 Å². The van der Waals surface area contributed by atoms with E-state index < -0.39 is 0 Å². The molecular weight excluding hydrogens is 256 g/mol. The largest absolute Gasteiger partial charge is 0.497 e. The monoisotopic (exact) mass is 276 g/mol. The first-order chi connectivity index (χ1) is 9.65. The van der Waals surface area contributed by atoms with Crippen molar-refractivity contribution in [3.05, 3.63) is 29.8 Å². The molecule has 0 spiro atoms. The number of ether oxygens (including phenoxy) is 1. The molecule has 1 aliphatic heterocycles. The van der Waals surface area contributed by atoms with Gasteiger partial charge in [-0.3, -0.25) is 9.59 Å². The molecule has 1 aliphatic rings. The molecule has 0 bridgehead atoms. The molecule has 1 unspecified atom stereocenters. The molecule has 1 saturated heterocycles. The van der Waals surface area contributed by atoms with Gasteiger partial charge in [0.25, 0.3) is 0 Å². The number of carbonyl (C=O) groups is 2. The summed E-state index contributed by atoms with van der Waals surface area (Å²) in [6, 6.07) is 7.09. The third kappa shape index (κ3) is 3.10. The second-order valence-electron chi connectivity index (χ2n) is 4.83. The number of rotatable bonds is 4. The van der Waals surface area contributed by atoms with Crippen molar-refractivity contribution >= 4 is 11.8 Å². The van der Waals surface area contributed by atoms with Gasteiger partial charge in [0, 0.05) is 13.1 Å². The minimum absolute atomic E-state index is 0.00290. The first-order valence-electron chi connectivity index (χ1n) is 6.85. The summed E-state index contributed by atoms with van der Waals surface area (Å²) in [7, 11) is 1.61. The molecular formula is C15H20N2O3. The average molecular weight is 276 g/mol. The van der Waals surface area contributed by atoms with Crippen LogP contribution in [0.1, 0.15) is 18.9 Å². The van der Waals surface area contributed by atoms with Crippen LogP contribution >= 0.6 is 0 Å². The van der Waals surface area contributed by atoms with Crippen molar-refractivity contribution in [2.75, 3.05) is 20.2 Å². The molecule has 0 radical (unpaired) electrons. The molecule has 1 N–H and O–H groups in total. The van der Waals surface area contributed by atoms with E-state index in [1.165, 1.54) is 0 Å². The highest BCUT2D eigenvalue weighted by atomic mass is 16.5. The van der Waals surface area contributed by atoms with Crippen molar-refractivity contribution in [1.29, 1.82) is 0 Å². The summed E-state index contributed by atoms with van der Waals surface area (Å²) in [5.74, 6) is 0.712. The van der Waals surface area contributed by atoms with Gasteiger partial charge in [0.05, 0.1) is 13.5 Å². The lowest BCUT2D eigenvalue weighted by atomic mass is 10.1. The molecule has 108 valence electrons. The topological polar surface area (TPSA) is 58.6 Å². The van der Waals surface area contributed by atoms with Crippen molar-refractivity contribution in [2.45, 2.75) is 25.8 Å². The van der Waals surface area contributed by atoms with Crippen molar-refractivity contribution < 1.29 is 14.3 Å². The normalized spacial score (nSPS) is 18.6. The maximum absolute atomic E-state index is 12.4. The van der Waals surface area contributed by atoms with Crippen molar-refractivity contribution in [1.82, 2.24) is 10.2 Å². The zero-order valence-corrected chi connectivity index (χ0v) is 11.9. The lowest BCUT2D eigenvalue weighted by Gasteiger charge is -2.34. The zero-order chi connectivity index (χ0) is 14.5. The molecule has 1 aromatic carbocycles. The Morgan fingerprint density at radius 1 is 1.40 bits per heavy atom. The summed E-state index contributed by atoms with van der Waals surface area (Å²) in [5, 5.41) is 2.80. The molecule has 1 fully saturated rings. The van der Waals surface area contributed by atoms with Gasteiger partial charge < -0.3 is 15.0 Å². The van der Waals surface area contributed by atoms with E-state index in [1.807, 2.05) is 31.2 Å². The quantitative estimate of drug-likeness (QED) is 0.891. The fourth-order valence-corrected chi connectivity index (χ4v) is 2.44. The molecule has 1 aromatic rings. The molecule has 2 rings (SSSR count). The van der Waals surface area contributed by atoms with Crippen LogP contribution in [-0.4, -0.2) is 43.0 Å². The molecule has 0 aliphatic carbocycles. The van der Waals surface area contributed by atoms with E-state index in [9.17, 15) is 9.59 Å². The van der Waals surface area contributed by atoms with Gasteiger partial charge in [0.1, 0.15) is 11.8 Å². The summed E-state index contributed by atoms with van der Waals surface area (Å²) >= 11 is 0. The van der Waals surface area contributed by atoms with E-state index in [1.54, 1.807) is 12.0 Å². The van der Waals surface area contributed by atoms with Gasteiger partial charge in [0.15, 0.2) is 0 Å². The Kier molecular flexibility index (Phi) is 4.61. The standard InChI is InChI=1S/C15H20N2O3/c1-3-13-15(19)16-8-9-17(13)14(18)10-11-4-6-12(20-2)7-5-11/h4-7,13H,3,8-10H2,1-2H3,(H,16,19). The number of amides is 2. The van der Waals surface area contributed by atoms with E-state index >= 15 is 0 Å². The van der Waals surface area contributed by atoms with Crippen LogP contribution in [0.2, 0.25) is 0 Å².